The molecule has 0 atom stereocenters. The number of nitrogens with one attached hydrogen (secondary N) is 1. The van der Waals surface area contributed by atoms with Gasteiger partial charge in [-0.1, -0.05) is 0 Å². The predicted octanol–water partition coefficient (Wildman–Crippen LogP) is 2.72. The maximum absolute atomic E-state index is 11.9. The van der Waals surface area contributed by atoms with Gasteiger partial charge in [-0.25, -0.2) is 0 Å². The molecule has 0 aliphatic rings. The number of nitro benzene ring substituents is 1. The zero-order valence-electron chi connectivity index (χ0n) is 11.1. The summed E-state index contributed by atoms with van der Waals surface area (Å²) >= 11 is 4.27. The third kappa shape index (κ3) is 4.18. The number of carbonyl (C=O) groups is 1. The second kappa shape index (κ2) is 7.23. The lowest BCUT2D eigenvalue weighted by Crippen LogP contribution is -2.28. The second-order valence-corrected chi connectivity index (χ2v) is 5.97. The Morgan fingerprint density at radius 2 is 2.14 bits per heavy atom. The number of non-ortho nitro benzene ring substituents is 1. The molecule has 0 bridgehead atoms. The smallest absolute Gasteiger partial charge is 0.270 e. The van der Waals surface area contributed by atoms with Gasteiger partial charge in [-0.3, -0.25) is 14.9 Å². The quantitative estimate of drug-likeness (QED) is 0.281. The van der Waals surface area contributed by atoms with E-state index >= 15 is 0 Å². The van der Waals surface area contributed by atoms with Crippen molar-refractivity contribution in [1.29, 1.82) is 0 Å². The minimum Gasteiger partial charge on any atom is -0.618 e. The normalized spacial score (nSPS) is 10.2. The molecule has 2 rings (SSSR count). The van der Waals surface area contributed by atoms with Crippen LogP contribution in [-0.2, 0) is 4.79 Å². The van der Waals surface area contributed by atoms with E-state index in [1.165, 1.54) is 24.4 Å². The number of anilines is 1. The molecule has 7 nitrogen and oxygen atoms in total. The van der Waals surface area contributed by atoms with Crippen molar-refractivity contribution in [2.75, 3.05) is 11.1 Å². The van der Waals surface area contributed by atoms with Gasteiger partial charge in [0.05, 0.1) is 16.4 Å². The average molecular weight is 384 g/mol. The maximum atomic E-state index is 11.9. The van der Waals surface area contributed by atoms with Crippen LogP contribution in [0.1, 0.15) is 0 Å². The summed E-state index contributed by atoms with van der Waals surface area (Å²) in [5.74, 6) is -0.265. The van der Waals surface area contributed by atoms with Crippen LogP contribution in [0.15, 0.2) is 52.1 Å². The van der Waals surface area contributed by atoms with Crippen molar-refractivity contribution < 1.29 is 14.4 Å². The van der Waals surface area contributed by atoms with Crippen molar-refractivity contribution in [1.82, 2.24) is 0 Å². The first kappa shape index (κ1) is 16.2. The monoisotopic (exact) mass is 383 g/mol. The van der Waals surface area contributed by atoms with Gasteiger partial charge in [0, 0.05) is 28.7 Å². The number of thioether (sulfide) groups is 1. The summed E-state index contributed by atoms with van der Waals surface area (Å²) in [6, 6.07) is 8.99. The van der Waals surface area contributed by atoms with Crippen LogP contribution in [0.25, 0.3) is 0 Å². The Hall–Kier alpha value is -2.13. The van der Waals surface area contributed by atoms with Crippen LogP contribution in [0, 0.1) is 15.3 Å². The minimum absolute atomic E-state index is 0.0513. The van der Waals surface area contributed by atoms with E-state index in [4.69, 9.17) is 0 Å². The van der Waals surface area contributed by atoms with Gasteiger partial charge in [-0.2, -0.15) is 4.73 Å². The Morgan fingerprint density at radius 3 is 2.77 bits per heavy atom. The fourth-order valence-corrected chi connectivity index (χ4v) is 2.75. The van der Waals surface area contributed by atoms with E-state index in [2.05, 4.69) is 21.2 Å². The number of rotatable bonds is 5. The van der Waals surface area contributed by atoms with Gasteiger partial charge in [0.1, 0.15) is 0 Å². The van der Waals surface area contributed by atoms with Crippen molar-refractivity contribution in [3.63, 3.8) is 0 Å². The number of nitrogens with zero attached hydrogens (tertiary/aromatic N) is 2. The molecule has 1 heterocycles. The van der Waals surface area contributed by atoms with E-state index in [1.54, 1.807) is 18.2 Å². The van der Waals surface area contributed by atoms with Gasteiger partial charge in [0.15, 0.2) is 6.20 Å². The molecule has 1 aromatic heterocycles. The number of aromatic nitrogens is 1. The molecule has 2 aromatic rings. The van der Waals surface area contributed by atoms with Crippen LogP contribution in [0.4, 0.5) is 11.4 Å². The molecule has 0 radical (unpaired) electrons. The largest absolute Gasteiger partial charge is 0.618 e. The van der Waals surface area contributed by atoms with Crippen LogP contribution in [-0.4, -0.2) is 16.6 Å². The fraction of sp³-hybridized carbons (Fsp3) is 0.0769. The zero-order chi connectivity index (χ0) is 16.1. The van der Waals surface area contributed by atoms with E-state index in [-0.39, 0.29) is 17.3 Å². The first-order valence-corrected chi connectivity index (χ1v) is 7.80. The van der Waals surface area contributed by atoms with Gasteiger partial charge in [-0.15, -0.1) is 0 Å². The highest BCUT2D eigenvalue weighted by atomic mass is 79.9. The molecular weight excluding hydrogens is 374 g/mol. The number of halogens is 1. The molecule has 0 aliphatic heterocycles. The minimum atomic E-state index is -0.519. The summed E-state index contributed by atoms with van der Waals surface area (Å²) in [6.45, 7) is 0. The van der Waals surface area contributed by atoms with Crippen molar-refractivity contribution >= 4 is 45.0 Å². The number of pyridine rings is 1. The van der Waals surface area contributed by atoms with Crippen LogP contribution in [0.5, 0.6) is 0 Å². The zero-order valence-corrected chi connectivity index (χ0v) is 13.5. The van der Waals surface area contributed by atoms with Crippen molar-refractivity contribution in [3.05, 3.63) is 62.4 Å². The summed E-state index contributed by atoms with van der Waals surface area (Å²) < 4.78 is 1.10. The number of nitro groups is 1. The van der Waals surface area contributed by atoms with Gasteiger partial charge >= 0.3 is 0 Å². The molecule has 1 aromatic carbocycles. The highest BCUT2D eigenvalue weighted by Crippen LogP contribution is 2.27. The number of hydrogen-bond donors (Lipinski definition) is 1. The summed E-state index contributed by atoms with van der Waals surface area (Å²) in [7, 11) is 0. The highest BCUT2D eigenvalue weighted by Gasteiger charge is 2.13. The van der Waals surface area contributed by atoms with Crippen molar-refractivity contribution in [2.24, 2.45) is 0 Å². The van der Waals surface area contributed by atoms with E-state index in [1.807, 2.05) is 0 Å². The molecule has 0 saturated heterocycles. The molecule has 0 spiro atoms. The Bertz CT molecular complexity index is 726. The van der Waals surface area contributed by atoms with Gasteiger partial charge in [-0.05, 0) is 39.8 Å². The van der Waals surface area contributed by atoms with Gasteiger partial charge in [0.2, 0.25) is 5.91 Å². The van der Waals surface area contributed by atoms with Crippen LogP contribution in [0.3, 0.4) is 0 Å². The molecule has 9 heteroatoms. The molecular formula is C13H10BrN3O4S. The SMILES string of the molecule is O=C(CSc1cccc[n+]1[O-])Nc1ccc([N+](=O)[O-])cc1Br. The molecule has 114 valence electrons. The lowest BCUT2D eigenvalue weighted by atomic mass is 10.3. The van der Waals surface area contributed by atoms with E-state index in [0.29, 0.717) is 19.9 Å². The fourth-order valence-electron chi connectivity index (χ4n) is 1.57. The van der Waals surface area contributed by atoms with E-state index in [9.17, 15) is 20.1 Å². The standard InChI is InChI=1S/C13H10BrN3O4S/c14-10-7-9(17(20)21)4-5-11(10)15-12(18)8-22-13-3-1-2-6-16(13)19/h1-7H,8H2,(H,15,18). The summed E-state index contributed by atoms with van der Waals surface area (Å²) in [5, 5.41) is 25.1. The van der Waals surface area contributed by atoms with Crippen LogP contribution < -0.4 is 10.0 Å². The summed E-state index contributed by atoms with van der Waals surface area (Å²) in [4.78, 5) is 22.0. The maximum Gasteiger partial charge on any atom is 0.270 e. The Balaban J connectivity index is 1.98. The van der Waals surface area contributed by atoms with Crippen LogP contribution >= 0.6 is 27.7 Å². The molecule has 0 unspecified atom stereocenters. The Labute approximate surface area is 138 Å². The molecule has 1 N–H and O–H groups in total. The van der Waals surface area contributed by atoms with Crippen molar-refractivity contribution in [2.45, 2.75) is 5.03 Å². The van der Waals surface area contributed by atoms with E-state index < -0.39 is 4.92 Å². The van der Waals surface area contributed by atoms with Gasteiger partial charge in [0.25, 0.3) is 10.7 Å². The molecule has 0 fully saturated rings. The summed E-state index contributed by atoms with van der Waals surface area (Å²) in [6.07, 6.45) is 1.35. The number of benzene rings is 1. The first-order valence-electron chi connectivity index (χ1n) is 6.02. The third-order valence-electron chi connectivity index (χ3n) is 2.58. The molecule has 0 aliphatic carbocycles. The molecule has 1 amide bonds. The topological polar surface area (TPSA) is 99.2 Å². The Kier molecular flexibility index (Phi) is 5.34. The Morgan fingerprint density at radius 1 is 1.36 bits per heavy atom. The number of hydrogen-bond acceptors (Lipinski definition) is 5. The second-order valence-electron chi connectivity index (χ2n) is 4.12. The van der Waals surface area contributed by atoms with Crippen molar-refractivity contribution in [3.8, 4) is 0 Å². The third-order valence-corrected chi connectivity index (χ3v) is 4.25. The van der Waals surface area contributed by atoms with Gasteiger partial charge < -0.3 is 10.5 Å². The van der Waals surface area contributed by atoms with E-state index in [0.717, 1.165) is 11.8 Å². The van der Waals surface area contributed by atoms with Crippen LogP contribution in [0.2, 0.25) is 0 Å². The predicted molar refractivity (Wildman–Crippen MR) is 85.6 cm³/mol. The lowest BCUT2D eigenvalue weighted by Gasteiger charge is -2.07. The summed E-state index contributed by atoms with van der Waals surface area (Å²) in [5.41, 5.74) is 0.357. The first-order chi connectivity index (χ1) is 10.5. The number of carbonyl (C=O) groups excluding carboxylic acids is 1. The average Bonchev–Trinajstić information content (AvgIpc) is 2.48. The lowest BCUT2D eigenvalue weighted by molar-refractivity contribution is -0.645. The molecule has 22 heavy (non-hydrogen) atoms. The molecule has 0 saturated carbocycles. The highest BCUT2D eigenvalue weighted by molar-refractivity contribution is 9.10. The number of amides is 1.